The number of carbonyl (C=O) groups excluding carboxylic acids is 1. The SMILES string of the molecule is COC1CC(c2ccccc2)=NN1/C(C)=N\OC(=O)c1ccccc1C. The maximum absolute atomic E-state index is 12.2. The summed E-state index contributed by atoms with van der Waals surface area (Å²) in [5.41, 5.74) is 3.26. The first-order valence-electron chi connectivity index (χ1n) is 8.36. The molecule has 0 N–H and O–H groups in total. The molecule has 134 valence electrons. The van der Waals surface area contributed by atoms with Crippen LogP contribution in [-0.4, -0.2) is 35.9 Å². The number of amidine groups is 1. The fraction of sp³-hybridized carbons (Fsp3) is 0.250. The second kappa shape index (κ2) is 7.93. The van der Waals surface area contributed by atoms with Crippen LogP contribution in [0.5, 0.6) is 0 Å². The summed E-state index contributed by atoms with van der Waals surface area (Å²) in [7, 11) is 1.62. The molecule has 1 aliphatic rings. The van der Waals surface area contributed by atoms with Gasteiger partial charge >= 0.3 is 5.97 Å². The minimum atomic E-state index is -0.497. The van der Waals surface area contributed by atoms with Gasteiger partial charge in [0, 0.05) is 13.5 Å². The van der Waals surface area contributed by atoms with Crippen LogP contribution < -0.4 is 0 Å². The molecular weight excluding hydrogens is 330 g/mol. The number of hydrazone groups is 1. The van der Waals surface area contributed by atoms with Crippen molar-refractivity contribution in [3.8, 4) is 0 Å². The van der Waals surface area contributed by atoms with Gasteiger partial charge in [0.25, 0.3) is 0 Å². The van der Waals surface area contributed by atoms with Gasteiger partial charge in [0.1, 0.15) is 0 Å². The van der Waals surface area contributed by atoms with Crippen LogP contribution in [0.3, 0.4) is 0 Å². The van der Waals surface area contributed by atoms with Crippen molar-refractivity contribution < 1.29 is 14.4 Å². The molecule has 0 radical (unpaired) electrons. The molecule has 0 amide bonds. The average molecular weight is 351 g/mol. The summed E-state index contributed by atoms with van der Waals surface area (Å²) >= 11 is 0. The maximum Gasteiger partial charge on any atom is 0.366 e. The highest BCUT2D eigenvalue weighted by Crippen LogP contribution is 2.21. The molecule has 2 aromatic carbocycles. The number of aryl methyl sites for hydroxylation is 1. The normalized spacial score (nSPS) is 17.2. The number of benzene rings is 2. The summed E-state index contributed by atoms with van der Waals surface area (Å²) < 4.78 is 5.50. The molecule has 0 bridgehead atoms. The van der Waals surface area contributed by atoms with E-state index in [2.05, 4.69) is 10.3 Å². The van der Waals surface area contributed by atoms with E-state index in [9.17, 15) is 4.79 Å². The number of ether oxygens (including phenoxy) is 1. The van der Waals surface area contributed by atoms with Crippen LogP contribution in [0.1, 0.15) is 34.8 Å². The zero-order valence-electron chi connectivity index (χ0n) is 15.0. The highest BCUT2D eigenvalue weighted by molar-refractivity contribution is 6.03. The van der Waals surface area contributed by atoms with Gasteiger partial charge in [-0.05, 0) is 31.0 Å². The van der Waals surface area contributed by atoms with Gasteiger partial charge in [-0.25, -0.2) is 9.80 Å². The summed E-state index contributed by atoms with van der Waals surface area (Å²) in [6.45, 7) is 3.58. The molecule has 6 heteroatoms. The summed E-state index contributed by atoms with van der Waals surface area (Å²) in [6, 6.07) is 17.1. The van der Waals surface area contributed by atoms with E-state index in [0.29, 0.717) is 17.8 Å². The predicted octanol–water partition coefficient (Wildman–Crippen LogP) is 3.57. The summed E-state index contributed by atoms with van der Waals surface area (Å²) in [6.07, 6.45) is 0.338. The zero-order chi connectivity index (χ0) is 18.5. The van der Waals surface area contributed by atoms with E-state index in [1.165, 1.54) is 0 Å². The van der Waals surface area contributed by atoms with Crippen molar-refractivity contribution in [3.63, 3.8) is 0 Å². The first kappa shape index (κ1) is 17.8. The highest BCUT2D eigenvalue weighted by atomic mass is 16.7. The van der Waals surface area contributed by atoms with E-state index < -0.39 is 5.97 Å². The number of nitrogens with zero attached hydrogens (tertiary/aromatic N) is 3. The third kappa shape index (κ3) is 3.81. The van der Waals surface area contributed by atoms with Crippen LogP contribution in [0.4, 0.5) is 0 Å². The van der Waals surface area contributed by atoms with E-state index >= 15 is 0 Å². The van der Waals surface area contributed by atoms with Crippen LogP contribution >= 0.6 is 0 Å². The van der Waals surface area contributed by atoms with Crippen LogP contribution in [0.15, 0.2) is 64.9 Å². The molecule has 1 aliphatic heterocycles. The third-order valence-electron chi connectivity index (χ3n) is 4.21. The van der Waals surface area contributed by atoms with E-state index in [1.807, 2.05) is 49.4 Å². The van der Waals surface area contributed by atoms with Gasteiger partial charge in [0.2, 0.25) is 0 Å². The largest absolute Gasteiger partial charge is 0.366 e. The number of carbonyl (C=O) groups is 1. The van der Waals surface area contributed by atoms with Crippen molar-refractivity contribution >= 4 is 17.5 Å². The molecule has 3 rings (SSSR count). The second-order valence-corrected chi connectivity index (χ2v) is 5.98. The van der Waals surface area contributed by atoms with Gasteiger partial charge in [0.05, 0.1) is 11.3 Å². The quantitative estimate of drug-likeness (QED) is 0.366. The Kier molecular flexibility index (Phi) is 5.43. The van der Waals surface area contributed by atoms with Crippen LogP contribution in [-0.2, 0) is 9.57 Å². The fourth-order valence-corrected chi connectivity index (χ4v) is 2.76. The van der Waals surface area contributed by atoms with Gasteiger partial charge in [-0.15, -0.1) is 0 Å². The minimum absolute atomic E-state index is 0.286. The van der Waals surface area contributed by atoms with E-state index in [-0.39, 0.29) is 6.23 Å². The van der Waals surface area contributed by atoms with Gasteiger partial charge in [0.15, 0.2) is 12.1 Å². The Labute approximate surface area is 152 Å². The molecule has 0 spiro atoms. The average Bonchev–Trinajstić information content (AvgIpc) is 3.11. The van der Waals surface area contributed by atoms with E-state index in [0.717, 1.165) is 16.8 Å². The molecule has 2 aromatic rings. The van der Waals surface area contributed by atoms with Crippen LogP contribution in [0.2, 0.25) is 0 Å². The number of rotatable bonds is 4. The Morgan fingerprint density at radius 1 is 1.15 bits per heavy atom. The van der Waals surface area contributed by atoms with Crippen molar-refractivity contribution in [2.45, 2.75) is 26.5 Å². The second-order valence-electron chi connectivity index (χ2n) is 5.98. The standard InChI is InChI=1S/C20H21N3O3/c1-14-9-7-8-12-17(14)20(24)26-22-15(2)23-19(25-3)13-18(21-23)16-10-5-4-6-11-16/h4-12,19H,13H2,1-3H3/b22-15-. The number of methoxy groups -OCH3 is 1. The molecule has 0 saturated carbocycles. The molecule has 1 heterocycles. The lowest BCUT2D eigenvalue weighted by Gasteiger charge is -2.20. The molecule has 0 aliphatic carbocycles. The Morgan fingerprint density at radius 3 is 2.54 bits per heavy atom. The Balaban J connectivity index is 1.76. The van der Waals surface area contributed by atoms with Crippen molar-refractivity contribution in [3.05, 3.63) is 71.3 Å². The first-order valence-corrected chi connectivity index (χ1v) is 8.36. The summed E-state index contributed by atoms with van der Waals surface area (Å²) in [4.78, 5) is 17.3. The van der Waals surface area contributed by atoms with Gasteiger partial charge in [-0.1, -0.05) is 53.7 Å². The highest BCUT2D eigenvalue weighted by Gasteiger charge is 2.29. The van der Waals surface area contributed by atoms with E-state index in [4.69, 9.17) is 9.57 Å². The zero-order valence-corrected chi connectivity index (χ0v) is 15.0. The summed E-state index contributed by atoms with van der Waals surface area (Å²) in [5.74, 6) is -0.0485. The van der Waals surface area contributed by atoms with Crippen LogP contribution in [0, 0.1) is 6.92 Å². The topological polar surface area (TPSA) is 63.5 Å². The van der Waals surface area contributed by atoms with Crippen LogP contribution in [0.25, 0.3) is 0 Å². The monoisotopic (exact) mass is 351 g/mol. The van der Waals surface area contributed by atoms with Crippen molar-refractivity contribution in [1.82, 2.24) is 5.01 Å². The Hall–Kier alpha value is -2.99. The van der Waals surface area contributed by atoms with Crippen molar-refractivity contribution in [1.29, 1.82) is 0 Å². The minimum Gasteiger partial charge on any atom is -0.359 e. The summed E-state index contributed by atoms with van der Waals surface area (Å²) in [5, 5.41) is 10.2. The van der Waals surface area contributed by atoms with Gasteiger partial charge < -0.3 is 9.57 Å². The lowest BCUT2D eigenvalue weighted by atomic mass is 10.1. The van der Waals surface area contributed by atoms with Gasteiger partial charge in [-0.3, -0.25) is 0 Å². The first-order chi connectivity index (χ1) is 12.6. The number of oxime groups is 1. The van der Waals surface area contributed by atoms with E-state index in [1.54, 1.807) is 31.2 Å². The fourth-order valence-electron chi connectivity index (χ4n) is 2.76. The lowest BCUT2D eigenvalue weighted by Crippen LogP contribution is -2.32. The third-order valence-corrected chi connectivity index (χ3v) is 4.21. The molecule has 0 aromatic heterocycles. The Morgan fingerprint density at radius 2 is 1.85 bits per heavy atom. The molecule has 1 unspecified atom stereocenters. The molecule has 0 saturated heterocycles. The molecule has 26 heavy (non-hydrogen) atoms. The number of hydrogen-bond acceptors (Lipinski definition) is 5. The Bertz CT molecular complexity index is 846. The van der Waals surface area contributed by atoms with Gasteiger partial charge in [-0.2, -0.15) is 5.10 Å². The lowest BCUT2D eigenvalue weighted by molar-refractivity contribution is 0.0211. The number of hydrogen-bond donors (Lipinski definition) is 0. The van der Waals surface area contributed by atoms with Crippen molar-refractivity contribution in [2.24, 2.45) is 10.3 Å². The molecule has 0 fully saturated rings. The molecule has 6 nitrogen and oxygen atoms in total. The smallest absolute Gasteiger partial charge is 0.359 e. The molecule has 1 atom stereocenters. The predicted molar refractivity (Wildman–Crippen MR) is 99.9 cm³/mol. The maximum atomic E-state index is 12.2. The molecular formula is C20H21N3O3. The van der Waals surface area contributed by atoms with Crippen molar-refractivity contribution in [2.75, 3.05) is 7.11 Å².